The molecule has 3 heteroatoms. The quantitative estimate of drug-likeness (QED) is 0.590. The summed E-state index contributed by atoms with van der Waals surface area (Å²) in [5, 5.41) is 10.2. The minimum absolute atomic E-state index is 0.334. The van der Waals surface area contributed by atoms with E-state index in [1.807, 2.05) is 0 Å². The van der Waals surface area contributed by atoms with Crippen LogP contribution in [0.1, 0.15) is 65.7 Å². The van der Waals surface area contributed by atoms with Gasteiger partial charge < -0.3 is 9.84 Å². The fourth-order valence-corrected chi connectivity index (χ4v) is 2.91. The van der Waals surface area contributed by atoms with E-state index in [1.165, 1.54) is 32.1 Å². The first kappa shape index (κ1) is 17.9. The Labute approximate surface area is 125 Å². The molecular formula is C17H35NO2. The van der Waals surface area contributed by atoms with Gasteiger partial charge in [0.25, 0.3) is 0 Å². The first-order valence-electron chi connectivity index (χ1n) is 8.63. The molecule has 0 spiro atoms. The monoisotopic (exact) mass is 285 g/mol. The number of hydrogen-bond acceptors (Lipinski definition) is 3. The molecule has 0 aliphatic heterocycles. The van der Waals surface area contributed by atoms with E-state index in [0.717, 1.165) is 38.5 Å². The second-order valence-electron chi connectivity index (χ2n) is 6.70. The zero-order valence-corrected chi connectivity index (χ0v) is 13.8. The lowest BCUT2D eigenvalue weighted by molar-refractivity contribution is 0.00711. The molecule has 1 saturated carbocycles. The van der Waals surface area contributed by atoms with E-state index in [-0.39, 0.29) is 6.10 Å². The van der Waals surface area contributed by atoms with Crippen molar-refractivity contribution in [3.8, 4) is 0 Å². The van der Waals surface area contributed by atoms with Crippen LogP contribution in [0.4, 0.5) is 0 Å². The van der Waals surface area contributed by atoms with Crippen molar-refractivity contribution in [3.05, 3.63) is 0 Å². The van der Waals surface area contributed by atoms with Gasteiger partial charge in [0.1, 0.15) is 0 Å². The molecule has 0 bridgehead atoms. The van der Waals surface area contributed by atoms with Gasteiger partial charge in [-0.1, -0.05) is 40.0 Å². The number of rotatable bonds is 11. The van der Waals surface area contributed by atoms with Gasteiger partial charge >= 0.3 is 0 Å². The van der Waals surface area contributed by atoms with Crippen molar-refractivity contribution < 1.29 is 9.84 Å². The fraction of sp³-hybridized carbons (Fsp3) is 1.00. The third-order valence-electron chi connectivity index (χ3n) is 4.23. The van der Waals surface area contributed by atoms with Crippen LogP contribution in [0.5, 0.6) is 0 Å². The summed E-state index contributed by atoms with van der Waals surface area (Å²) in [6.45, 7) is 9.88. The molecular weight excluding hydrogens is 250 g/mol. The van der Waals surface area contributed by atoms with Gasteiger partial charge in [0.15, 0.2) is 0 Å². The Morgan fingerprint density at radius 1 is 1.25 bits per heavy atom. The molecule has 0 aromatic heterocycles. The summed E-state index contributed by atoms with van der Waals surface area (Å²) in [4.78, 5) is 2.51. The lowest BCUT2D eigenvalue weighted by atomic mass is 10.1. The van der Waals surface area contributed by atoms with Crippen molar-refractivity contribution in [1.82, 2.24) is 4.90 Å². The van der Waals surface area contributed by atoms with Gasteiger partial charge in [0.05, 0.1) is 12.7 Å². The van der Waals surface area contributed by atoms with Gasteiger partial charge in [-0.15, -0.1) is 0 Å². The van der Waals surface area contributed by atoms with E-state index < -0.39 is 0 Å². The smallest absolute Gasteiger partial charge is 0.0900 e. The molecule has 0 saturated heterocycles. The van der Waals surface area contributed by atoms with E-state index in [1.54, 1.807) is 0 Å². The predicted molar refractivity (Wildman–Crippen MR) is 85.0 cm³/mol. The molecule has 1 unspecified atom stereocenters. The Morgan fingerprint density at radius 2 is 1.95 bits per heavy atom. The van der Waals surface area contributed by atoms with Crippen molar-refractivity contribution in [3.63, 3.8) is 0 Å². The number of ether oxygens (including phenoxy) is 1. The summed E-state index contributed by atoms with van der Waals surface area (Å²) in [6, 6.07) is 0.694. The standard InChI is InChI=1S/C17H35NO2/c1-4-5-12-20-14-17(19)13-18(11-10-15(2)3)16-8-6-7-9-16/h15-17,19H,4-14H2,1-3H3. The highest BCUT2D eigenvalue weighted by Gasteiger charge is 2.24. The summed E-state index contributed by atoms with van der Waals surface area (Å²) >= 11 is 0. The minimum atomic E-state index is -0.334. The van der Waals surface area contributed by atoms with E-state index in [2.05, 4.69) is 25.7 Å². The zero-order valence-electron chi connectivity index (χ0n) is 13.8. The molecule has 1 rings (SSSR count). The largest absolute Gasteiger partial charge is 0.389 e. The third kappa shape index (κ3) is 7.61. The van der Waals surface area contributed by atoms with Crippen molar-refractivity contribution in [1.29, 1.82) is 0 Å². The number of unbranched alkanes of at least 4 members (excludes halogenated alkanes) is 1. The Bertz CT molecular complexity index is 227. The molecule has 1 atom stereocenters. The van der Waals surface area contributed by atoms with Crippen LogP contribution in [0.3, 0.4) is 0 Å². The average molecular weight is 285 g/mol. The van der Waals surface area contributed by atoms with Crippen LogP contribution < -0.4 is 0 Å². The summed E-state index contributed by atoms with van der Waals surface area (Å²) < 4.78 is 5.55. The van der Waals surface area contributed by atoms with Gasteiger partial charge in [-0.3, -0.25) is 4.90 Å². The van der Waals surface area contributed by atoms with E-state index in [4.69, 9.17) is 4.74 Å². The zero-order chi connectivity index (χ0) is 14.8. The van der Waals surface area contributed by atoms with Crippen LogP contribution in [0.25, 0.3) is 0 Å². The first-order chi connectivity index (χ1) is 9.63. The lowest BCUT2D eigenvalue weighted by Crippen LogP contribution is -2.41. The maximum Gasteiger partial charge on any atom is 0.0900 e. The highest BCUT2D eigenvalue weighted by molar-refractivity contribution is 4.79. The van der Waals surface area contributed by atoms with Gasteiger partial charge in [-0.05, 0) is 38.1 Å². The van der Waals surface area contributed by atoms with Crippen LogP contribution in [0.2, 0.25) is 0 Å². The second kappa shape index (κ2) is 10.6. The molecule has 0 amide bonds. The molecule has 1 aliphatic carbocycles. The average Bonchev–Trinajstić information content (AvgIpc) is 2.93. The lowest BCUT2D eigenvalue weighted by Gasteiger charge is -2.31. The van der Waals surface area contributed by atoms with E-state index >= 15 is 0 Å². The van der Waals surface area contributed by atoms with E-state index in [0.29, 0.717) is 12.6 Å². The second-order valence-corrected chi connectivity index (χ2v) is 6.70. The van der Waals surface area contributed by atoms with Crippen molar-refractivity contribution >= 4 is 0 Å². The summed E-state index contributed by atoms with van der Waals surface area (Å²) in [5.74, 6) is 0.733. The molecule has 0 aromatic rings. The Balaban J connectivity index is 2.30. The molecule has 0 radical (unpaired) electrons. The number of aliphatic hydroxyl groups is 1. The molecule has 0 aromatic carbocycles. The fourth-order valence-electron chi connectivity index (χ4n) is 2.91. The van der Waals surface area contributed by atoms with Crippen molar-refractivity contribution in [2.75, 3.05) is 26.3 Å². The third-order valence-corrected chi connectivity index (χ3v) is 4.23. The van der Waals surface area contributed by atoms with Gasteiger partial charge in [0.2, 0.25) is 0 Å². The predicted octanol–water partition coefficient (Wildman–Crippen LogP) is 3.45. The number of nitrogens with zero attached hydrogens (tertiary/aromatic N) is 1. The summed E-state index contributed by atoms with van der Waals surface area (Å²) in [6.07, 6.45) is 8.45. The van der Waals surface area contributed by atoms with Crippen LogP contribution in [-0.4, -0.2) is 48.5 Å². The van der Waals surface area contributed by atoms with Gasteiger partial charge in [0, 0.05) is 19.2 Å². The molecule has 1 fully saturated rings. The van der Waals surface area contributed by atoms with Gasteiger partial charge in [-0.25, -0.2) is 0 Å². The maximum absolute atomic E-state index is 10.2. The van der Waals surface area contributed by atoms with Crippen LogP contribution in [-0.2, 0) is 4.74 Å². The van der Waals surface area contributed by atoms with Crippen molar-refractivity contribution in [2.45, 2.75) is 77.9 Å². The number of hydrogen-bond donors (Lipinski definition) is 1. The first-order valence-corrected chi connectivity index (χ1v) is 8.63. The van der Waals surface area contributed by atoms with Crippen LogP contribution in [0.15, 0.2) is 0 Å². The van der Waals surface area contributed by atoms with Crippen LogP contribution >= 0.6 is 0 Å². The molecule has 120 valence electrons. The molecule has 20 heavy (non-hydrogen) atoms. The highest BCUT2D eigenvalue weighted by Crippen LogP contribution is 2.24. The Morgan fingerprint density at radius 3 is 2.55 bits per heavy atom. The molecule has 1 aliphatic rings. The highest BCUT2D eigenvalue weighted by atomic mass is 16.5. The summed E-state index contributed by atoms with van der Waals surface area (Å²) in [5.41, 5.74) is 0. The van der Waals surface area contributed by atoms with E-state index in [9.17, 15) is 5.11 Å². The number of aliphatic hydroxyl groups excluding tert-OH is 1. The van der Waals surface area contributed by atoms with Gasteiger partial charge in [-0.2, -0.15) is 0 Å². The molecule has 1 N–H and O–H groups in total. The normalized spacial score (nSPS) is 18.3. The summed E-state index contributed by atoms with van der Waals surface area (Å²) in [7, 11) is 0. The maximum atomic E-state index is 10.2. The molecule has 3 nitrogen and oxygen atoms in total. The minimum Gasteiger partial charge on any atom is -0.389 e. The van der Waals surface area contributed by atoms with Crippen molar-refractivity contribution in [2.24, 2.45) is 5.92 Å². The Kier molecular flexibility index (Phi) is 9.49. The van der Waals surface area contributed by atoms with Crippen LogP contribution in [0, 0.1) is 5.92 Å². The molecule has 0 heterocycles. The Hall–Kier alpha value is -0.120. The topological polar surface area (TPSA) is 32.7 Å². The SMILES string of the molecule is CCCCOCC(O)CN(CCC(C)C)C1CCCC1.